The Morgan fingerprint density at radius 2 is 2.17 bits per heavy atom. The lowest BCUT2D eigenvalue weighted by molar-refractivity contribution is 0.177. The van der Waals surface area contributed by atoms with E-state index in [9.17, 15) is 0 Å². The summed E-state index contributed by atoms with van der Waals surface area (Å²) >= 11 is 6.21. The van der Waals surface area contributed by atoms with E-state index in [1.807, 2.05) is 12.1 Å². The monoisotopic (exact) mass is 266 g/mol. The molecular formula is C15H23ClN2. The average molecular weight is 267 g/mol. The second-order valence-corrected chi connectivity index (χ2v) is 6.41. The van der Waals surface area contributed by atoms with Crippen LogP contribution in [0, 0.1) is 18.3 Å². The molecule has 1 aromatic carbocycles. The van der Waals surface area contributed by atoms with Crippen LogP contribution in [0.25, 0.3) is 0 Å². The van der Waals surface area contributed by atoms with Crippen molar-refractivity contribution in [3.05, 3.63) is 28.8 Å². The standard InChI is InChI=1S/C15H23ClN2/c1-11-13(16)5-4-6-14(11)18-8-7-15(2,3)12(9-17)10-18/h4-6,12H,7-10,17H2,1-3H3. The van der Waals surface area contributed by atoms with E-state index in [-0.39, 0.29) is 0 Å². The van der Waals surface area contributed by atoms with Crippen LogP contribution in [-0.2, 0) is 0 Å². The van der Waals surface area contributed by atoms with Crippen molar-refractivity contribution in [3.8, 4) is 0 Å². The fourth-order valence-corrected chi connectivity index (χ4v) is 2.95. The predicted octanol–water partition coefficient (Wildman–Crippen LogP) is 3.46. The Hall–Kier alpha value is -0.730. The average Bonchev–Trinajstić information content (AvgIpc) is 2.33. The minimum Gasteiger partial charge on any atom is -0.371 e. The first-order valence-electron chi connectivity index (χ1n) is 6.66. The number of halogens is 1. The van der Waals surface area contributed by atoms with Gasteiger partial charge in [-0.15, -0.1) is 0 Å². The molecule has 0 amide bonds. The number of nitrogens with zero attached hydrogens (tertiary/aromatic N) is 1. The highest BCUT2D eigenvalue weighted by Gasteiger charge is 2.34. The second-order valence-electron chi connectivity index (χ2n) is 6.00. The molecule has 1 saturated heterocycles. The quantitative estimate of drug-likeness (QED) is 0.888. The van der Waals surface area contributed by atoms with Gasteiger partial charge in [0.05, 0.1) is 0 Å². The molecule has 0 spiro atoms. The van der Waals surface area contributed by atoms with Crippen LogP contribution in [0.4, 0.5) is 5.69 Å². The highest BCUT2D eigenvalue weighted by Crippen LogP contribution is 2.38. The van der Waals surface area contributed by atoms with Gasteiger partial charge < -0.3 is 10.6 Å². The van der Waals surface area contributed by atoms with Gasteiger partial charge in [-0.1, -0.05) is 31.5 Å². The Balaban J connectivity index is 2.23. The molecule has 1 heterocycles. The summed E-state index contributed by atoms with van der Waals surface area (Å²) in [5.41, 5.74) is 8.72. The van der Waals surface area contributed by atoms with Gasteiger partial charge in [0.15, 0.2) is 0 Å². The fraction of sp³-hybridized carbons (Fsp3) is 0.600. The summed E-state index contributed by atoms with van der Waals surface area (Å²) in [5.74, 6) is 0.546. The van der Waals surface area contributed by atoms with Crippen LogP contribution < -0.4 is 10.6 Å². The molecule has 3 heteroatoms. The van der Waals surface area contributed by atoms with E-state index in [1.165, 1.54) is 17.7 Å². The zero-order chi connectivity index (χ0) is 13.3. The first-order chi connectivity index (χ1) is 8.45. The van der Waals surface area contributed by atoms with Crippen molar-refractivity contribution in [2.24, 2.45) is 17.1 Å². The maximum atomic E-state index is 6.21. The van der Waals surface area contributed by atoms with Gasteiger partial charge in [0.25, 0.3) is 0 Å². The summed E-state index contributed by atoms with van der Waals surface area (Å²) in [6.07, 6.45) is 1.18. The van der Waals surface area contributed by atoms with E-state index in [4.69, 9.17) is 17.3 Å². The predicted molar refractivity (Wildman–Crippen MR) is 79.3 cm³/mol. The zero-order valence-electron chi connectivity index (χ0n) is 11.5. The second kappa shape index (κ2) is 5.10. The molecule has 100 valence electrons. The first kappa shape index (κ1) is 13.7. The van der Waals surface area contributed by atoms with Crippen molar-refractivity contribution in [3.63, 3.8) is 0 Å². The molecule has 1 aliphatic rings. The normalized spacial score (nSPS) is 23.2. The molecule has 1 unspecified atom stereocenters. The van der Waals surface area contributed by atoms with Gasteiger partial charge >= 0.3 is 0 Å². The van der Waals surface area contributed by atoms with Gasteiger partial charge in [0.2, 0.25) is 0 Å². The lowest BCUT2D eigenvalue weighted by Gasteiger charge is -2.45. The summed E-state index contributed by atoms with van der Waals surface area (Å²) in [7, 11) is 0. The van der Waals surface area contributed by atoms with Crippen LogP contribution in [-0.4, -0.2) is 19.6 Å². The van der Waals surface area contributed by atoms with E-state index < -0.39 is 0 Å². The van der Waals surface area contributed by atoms with E-state index in [1.54, 1.807) is 0 Å². The van der Waals surface area contributed by atoms with E-state index in [2.05, 4.69) is 31.7 Å². The summed E-state index contributed by atoms with van der Waals surface area (Å²) in [6, 6.07) is 6.14. The molecule has 2 N–H and O–H groups in total. The van der Waals surface area contributed by atoms with E-state index in [0.29, 0.717) is 11.3 Å². The number of hydrogen-bond acceptors (Lipinski definition) is 2. The number of benzene rings is 1. The third-order valence-corrected chi connectivity index (χ3v) is 4.85. The molecule has 1 aromatic rings. The summed E-state index contributed by atoms with van der Waals surface area (Å²) in [4.78, 5) is 2.43. The van der Waals surface area contributed by atoms with Crippen molar-refractivity contribution in [2.75, 3.05) is 24.5 Å². The molecule has 0 bridgehead atoms. The molecule has 1 aliphatic heterocycles. The highest BCUT2D eigenvalue weighted by molar-refractivity contribution is 6.31. The number of anilines is 1. The molecule has 1 atom stereocenters. The van der Waals surface area contributed by atoms with Crippen molar-refractivity contribution >= 4 is 17.3 Å². The molecule has 2 rings (SSSR count). The van der Waals surface area contributed by atoms with Crippen LogP contribution in [0.5, 0.6) is 0 Å². The van der Waals surface area contributed by atoms with Crippen molar-refractivity contribution < 1.29 is 0 Å². The maximum Gasteiger partial charge on any atom is 0.0455 e. The van der Waals surface area contributed by atoms with Gasteiger partial charge in [-0.05, 0) is 48.9 Å². The lowest BCUT2D eigenvalue weighted by Crippen LogP contribution is -2.47. The minimum absolute atomic E-state index is 0.345. The van der Waals surface area contributed by atoms with Crippen molar-refractivity contribution in [1.29, 1.82) is 0 Å². The molecule has 2 nitrogen and oxygen atoms in total. The number of piperidine rings is 1. The van der Waals surface area contributed by atoms with Gasteiger partial charge in [0.1, 0.15) is 0 Å². The lowest BCUT2D eigenvalue weighted by atomic mass is 9.73. The Bertz CT molecular complexity index is 429. The molecule has 18 heavy (non-hydrogen) atoms. The number of rotatable bonds is 2. The minimum atomic E-state index is 0.345. The Kier molecular flexibility index (Phi) is 3.88. The summed E-state index contributed by atoms with van der Waals surface area (Å²) in [5, 5.41) is 0.849. The van der Waals surface area contributed by atoms with E-state index >= 15 is 0 Å². The number of hydrogen-bond donors (Lipinski definition) is 1. The zero-order valence-corrected chi connectivity index (χ0v) is 12.3. The topological polar surface area (TPSA) is 29.3 Å². The SMILES string of the molecule is Cc1c(Cl)cccc1N1CCC(C)(C)C(CN)C1. The van der Waals surface area contributed by atoms with Crippen LogP contribution in [0.1, 0.15) is 25.8 Å². The van der Waals surface area contributed by atoms with Gasteiger partial charge in [0, 0.05) is 23.8 Å². The Labute approximate surface area is 115 Å². The van der Waals surface area contributed by atoms with Crippen molar-refractivity contribution in [2.45, 2.75) is 27.2 Å². The summed E-state index contributed by atoms with van der Waals surface area (Å²) < 4.78 is 0. The van der Waals surface area contributed by atoms with Gasteiger partial charge in [-0.3, -0.25) is 0 Å². The Morgan fingerprint density at radius 3 is 2.83 bits per heavy atom. The molecule has 0 radical (unpaired) electrons. The Morgan fingerprint density at radius 1 is 1.44 bits per heavy atom. The van der Waals surface area contributed by atoms with Crippen LogP contribution >= 0.6 is 11.6 Å². The van der Waals surface area contributed by atoms with Crippen LogP contribution in [0.15, 0.2) is 18.2 Å². The van der Waals surface area contributed by atoms with Crippen LogP contribution in [0.3, 0.4) is 0 Å². The van der Waals surface area contributed by atoms with E-state index in [0.717, 1.165) is 24.7 Å². The summed E-state index contributed by atoms with van der Waals surface area (Å²) in [6.45, 7) is 9.62. The van der Waals surface area contributed by atoms with Gasteiger partial charge in [-0.25, -0.2) is 0 Å². The first-order valence-corrected chi connectivity index (χ1v) is 7.03. The molecule has 1 fully saturated rings. The highest BCUT2D eigenvalue weighted by atomic mass is 35.5. The molecule has 0 aromatic heterocycles. The van der Waals surface area contributed by atoms with Gasteiger partial charge in [-0.2, -0.15) is 0 Å². The molecule has 0 saturated carbocycles. The largest absolute Gasteiger partial charge is 0.371 e. The smallest absolute Gasteiger partial charge is 0.0455 e. The molecular weight excluding hydrogens is 244 g/mol. The third kappa shape index (κ3) is 2.50. The third-order valence-electron chi connectivity index (χ3n) is 4.44. The maximum absolute atomic E-state index is 6.21. The fourth-order valence-electron chi connectivity index (χ4n) is 2.78. The number of nitrogens with two attached hydrogens (primary N) is 1. The molecule has 0 aliphatic carbocycles. The van der Waals surface area contributed by atoms with Crippen LogP contribution in [0.2, 0.25) is 5.02 Å². The van der Waals surface area contributed by atoms with Crippen molar-refractivity contribution in [1.82, 2.24) is 0 Å².